The quantitative estimate of drug-likeness (QED) is 0.576. The summed E-state index contributed by atoms with van der Waals surface area (Å²) in [6.07, 6.45) is 0. The van der Waals surface area contributed by atoms with Gasteiger partial charge in [0.05, 0.1) is 0 Å². The summed E-state index contributed by atoms with van der Waals surface area (Å²) in [4.78, 5) is 22.4. The predicted octanol–water partition coefficient (Wildman–Crippen LogP) is 1.61. The van der Waals surface area contributed by atoms with E-state index in [2.05, 4.69) is 35.1 Å². The Balaban J connectivity index is 2.45. The van der Waals surface area contributed by atoms with Crippen LogP contribution in [-0.2, 0) is 4.79 Å². The third-order valence-electron chi connectivity index (χ3n) is 2.94. The molecule has 21 heavy (non-hydrogen) atoms. The van der Waals surface area contributed by atoms with Crippen molar-refractivity contribution in [1.82, 2.24) is 16.0 Å². The second-order valence-corrected chi connectivity index (χ2v) is 4.77. The minimum atomic E-state index is -0.284. The summed E-state index contributed by atoms with van der Waals surface area (Å²) < 4.78 is 0. The van der Waals surface area contributed by atoms with Gasteiger partial charge < -0.3 is 21.3 Å². The van der Waals surface area contributed by atoms with Crippen LogP contribution in [0.3, 0.4) is 0 Å². The first-order valence-corrected chi connectivity index (χ1v) is 7.15. The van der Waals surface area contributed by atoms with Gasteiger partial charge in [-0.3, -0.25) is 4.79 Å². The van der Waals surface area contributed by atoms with Crippen LogP contribution in [0.15, 0.2) is 24.3 Å². The van der Waals surface area contributed by atoms with E-state index in [1.54, 1.807) is 0 Å². The van der Waals surface area contributed by atoms with Crippen molar-refractivity contribution in [2.75, 3.05) is 25.0 Å². The summed E-state index contributed by atoms with van der Waals surface area (Å²) >= 11 is 0. The molecule has 1 rings (SSSR count). The van der Waals surface area contributed by atoms with Gasteiger partial charge in [0.25, 0.3) is 0 Å². The van der Waals surface area contributed by atoms with Crippen LogP contribution in [0.25, 0.3) is 0 Å². The summed E-state index contributed by atoms with van der Waals surface area (Å²) in [7, 11) is 0. The van der Waals surface area contributed by atoms with E-state index in [1.165, 1.54) is 6.92 Å². The number of amides is 3. The zero-order chi connectivity index (χ0) is 15.7. The topological polar surface area (TPSA) is 82.3 Å². The molecule has 1 atom stereocenters. The second kappa shape index (κ2) is 8.97. The van der Waals surface area contributed by atoms with Gasteiger partial charge in [-0.1, -0.05) is 19.1 Å². The normalized spacial score (nSPS) is 11.6. The lowest BCUT2D eigenvalue weighted by molar-refractivity contribution is -0.118. The maximum Gasteiger partial charge on any atom is 0.319 e. The summed E-state index contributed by atoms with van der Waals surface area (Å²) in [6, 6.07) is 7.67. The molecule has 0 radical (unpaired) electrons. The summed E-state index contributed by atoms with van der Waals surface area (Å²) in [5, 5.41) is 11.4. The van der Waals surface area contributed by atoms with Crippen molar-refractivity contribution in [3.8, 4) is 0 Å². The first kappa shape index (κ1) is 17.0. The molecule has 0 aliphatic heterocycles. The van der Waals surface area contributed by atoms with E-state index in [9.17, 15) is 9.59 Å². The molecule has 116 valence electrons. The smallest absolute Gasteiger partial charge is 0.319 e. The molecule has 1 aromatic rings. The average Bonchev–Trinajstić information content (AvgIpc) is 2.44. The molecule has 0 aromatic heterocycles. The summed E-state index contributed by atoms with van der Waals surface area (Å²) in [5.41, 5.74) is 1.86. The minimum absolute atomic E-state index is 0.109. The number of benzene rings is 1. The third-order valence-corrected chi connectivity index (χ3v) is 2.94. The molecule has 0 bridgehead atoms. The Labute approximate surface area is 125 Å². The highest BCUT2D eigenvalue weighted by atomic mass is 16.2. The Hall–Kier alpha value is -2.08. The first-order valence-electron chi connectivity index (χ1n) is 7.15. The van der Waals surface area contributed by atoms with Crippen LogP contribution in [-0.4, -0.2) is 31.6 Å². The maximum atomic E-state index is 11.7. The number of rotatable bonds is 7. The number of carbonyl (C=O) groups is 2. The lowest BCUT2D eigenvalue weighted by atomic mass is 10.1. The van der Waals surface area contributed by atoms with Crippen LogP contribution in [0.5, 0.6) is 0 Å². The van der Waals surface area contributed by atoms with Crippen molar-refractivity contribution < 1.29 is 9.59 Å². The number of carbonyl (C=O) groups excluding carboxylic acids is 2. The van der Waals surface area contributed by atoms with Crippen LogP contribution in [0.1, 0.15) is 32.4 Å². The van der Waals surface area contributed by atoms with Crippen LogP contribution in [0.2, 0.25) is 0 Å². The Morgan fingerprint density at radius 3 is 2.57 bits per heavy atom. The van der Waals surface area contributed by atoms with Gasteiger partial charge in [0.1, 0.15) is 0 Å². The molecule has 1 unspecified atom stereocenters. The van der Waals surface area contributed by atoms with Gasteiger partial charge in [0.15, 0.2) is 0 Å². The molecule has 6 heteroatoms. The molecular formula is C15H24N4O2. The standard InChI is InChI=1S/C15H24N4O2/c1-4-16-11(2)13-6-5-7-14(10-13)19-15(21)18-9-8-17-12(3)20/h5-7,10-11,16H,4,8-9H2,1-3H3,(H,17,20)(H2,18,19,21). The lowest BCUT2D eigenvalue weighted by Gasteiger charge is -2.14. The number of anilines is 1. The van der Waals surface area contributed by atoms with E-state index in [0.717, 1.165) is 17.8 Å². The molecule has 0 aliphatic carbocycles. The van der Waals surface area contributed by atoms with Gasteiger partial charge in [-0.25, -0.2) is 4.79 Å². The predicted molar refractivity (Wildman–Crippen MR) is 84.2 cm³/mol. The molecule has 0 fully saturated rings. The molecule has 0 aliphatic rings. The Kier molecular flexibility index (Phi) is 7.25. The van der Waals surface area contributed by atoms with Gasteiger partial charge in [-0.2, -0.15) is 0 Å². The molecule has 0 saturated heterocycles. The minimum Gasteiger partial charge on any atom is -0.355 e. The van der Waals surface area contributed by atoms with E-state index in [0.29, 0.717) is 13.1 Å². The van der Waals surface area contributed by atoms with Crippen LogP contribution in [0.4, 0.5) is 10.5 Å². The first-order chi connectivity index (χ1) is 10.0. The molecule has 0 heterocycles. The highest BCUT2D eigenvalue weighted by Crippen LogP contribution is 2.17. The number of urea groups is 1. The molecule has 1 aromatic carbocycles. The highest BCUT2D eigenvalue weighted by molar-refractivity contribution is 5.89. The molecule has 0 spiro atoms. The number of hydrogen-bond acceptors (Lipinski definition) is 3. The fraction of sp³-hybridized carbons (Fsp3) is 0.467. The van der Waals surface area contributed by atoms with Crippen LogP contribution in [0, 0.1) is 0 Å². The van der Waals surface area contributed by atoms with E-state index in [-0.39, 0.29) is 18.0 Å². The third kappa shape index (κ3) is 6.76. The fourth-order valence-corrected chi connectivity index (χ4v) is 1.90. The van der Waals surface area contributed by atoms with Crippen molar-refractivity contribution >= 4 is 17.6 Å². The van der Waals surface area contributed by atoms with Gasteiger partial charge in [0.2, 0.25) is 5.91 Å². The lowest BCUT2D eigenvalue weighted by Crippen LogP contribution is -2.36. The Bertz CT molecular complexity index is 476. The summed E-state index contributed by atoms with van der Waals surface area (Å²) in [5.74, 6) is -0.109. The average molecular weight is 292 g/mol. The molecule has 3 amide bonds. The molecule has 0 saturated carbocycles. The number of nitrogens with one attached hydrogen (secondary N) is 4. The van der Waals surface area contributed by atoms with Crippen molar-refractivity contribution in [1.29, 1.82) is 0 Å². The largest absolute Gasteiger partial charge is 0.355 e. The van der Waals surface area contributed by atoms with Crippen molar-refractivity contribution in [3.05, 3.63) is 29.8 Å². The zero-order valence-electron chi connectivity index (χ0n) is 12.8. The SMILES string of the molecule is CCNC(C)c1cccc(NC(=O)NCCNC(C)=O)c1. The van der Waals surface area contributed by atoms with Crippen molar-refractivity contribution in [2.45, 2.75) is 26.8 Å². The zero-order valence-corrected chi connectivity index (χ0v) is 12.8. The second-order valence-electron chi connectivity index (χ2n) is 4.77. The van der Waals surface area contributed by atoms with Gasteiger partial charge in [-0.15, -0.1) is 0 Å². The van der Waals surface area contributed by atoms with E-state index in [4.69, 9.17) is 0 Å². The monoisotopic (exact) mass is 292 g/mol. The molecular weight excluding hydrogens is 268 g/mol. The molecule has 4 N–H and O–H groups in total. The van der Waals surface area contributed by atoms with Gasteiger partial charge >= 0.3 is 6.03 Å². The summed E-state index contributed by atoms with van der Waals surface area (Å²) in [6.45, 7) is 7.27. The van der Waals surface area contributed by atoms with E-state index in [1.807, 2.05) is 24.3 Å². The Morgan fingerprint density at radius 2 is 1.90 bits per heavy atom. The van der Waals surface area contributed by atoms with E-state index < -0.39 is 0 Å². The van der Waals surface area contributed by atoms with Gasteiger partial charge in [0, 0.05) is 31.7 Å². The van der Waals surface area contributed by atoms with E-state index >= 15 is 0 Å². The van der Waals surface area contributed by atoms with Gasteiger partial charge in [-0.05, 0) is 31.2 Å². The molecule has 6 nitrogen and oxygen atoms in total. The van der Waals surface area contributed by atoms with Crippen LogP contribution < -0.4 is 21.3 Å². The fourth-order valence-electron chi connectivity index (χ4n) is 1.90. The highest BCUT2D eigenvalue weighted by Gasteiger charge is 2.06. The van der Waals surface area contributed by atoms with Crippen molar-refractivity contribution in [3.63, 3.8) is 0 Å². The number of hydrogen-bond donors (Lipinski definition) is 4. The maximum absolute atomic E-state index is 11.7. The van der Waals surface area contributed by atoms with Crippen molar-refractivity contribution in [2.24, 2.45) is 0 Å². The Morgan fingerprint density at radius 1 is 1.19 bits per heavy atom. The van der Waals surface area contributed by atoms with Crippen LogP contribution >= 0.6 is 0 Å².